The Bertz CT molecular complexity index is 97.7. The highest BCUT2D eigenvalue weighted by Gasteiger charge is 2.21. The van der Waals surface area contributed by atoms with Crippen LogP contribution in [0, 0.1) is 0 Å². The van der Waals surface area contributed by atoms with Gasteiger partial charge in [0.2, 0.25) is 0 Å². The minimum absolute atomic E-state index is 0.149. The van der Waals surface area contributed by atoms with Gasteiger partial charge in [-0.25, -0.2) is 0 Å². The molecule has 0 aliphatic carbocycles. The number of halogens is 1. The second kappa shape index (κ2) is 4.79. The Morgan fingerprint density at radius 3 is 3.10 bits per heavy atom. The summed E-state index contributed by atoms with van der Waals surface area (Å²) in [6, 6.07) is 0.363. The van der Waals surface area contributed by atoms with Gasteiger partial charge in [0.1, 0.15) is 0 Å². The summed E-state index contributed by atoms with van der Waals surface area (Å²) in [5.74, 6) is 0.845. The molecule has 0 aromatic rings. The molecular weight excluding hydrogens is 261 g/mol. The first-order chi connectivity index (χ1) is 4.84. The molecule has 0 unspecified atom stereocenters. The van der Waals surface area contributed by atoms with Crippen LogP contribution in [0.1, 0.15) is 12.8 Å². The molecule has 0 amide bonds. The third kappa shape index (κ3) is 2.56. The number of hydrogen-bond donors (Lipinski definition) is 2. The van der Waals surface area contributed by atoms with Gasteiger partial charge in [0, 0.05) is 11.8 Å². The van der Waals surface area contributed by atoms with E-state index in [1.165, 1.54) is 6.42 Å². The molecule has 2 N–H and O–H groups in total. The molecule has 1 aliphatic rings. The van der Waals surface area contributed by atoms with Crippen molar-refractivity contribution in [3.63, 3.8) is 0 Å². The molecule has 2 nitrogen and oxygen atoms in total. The first-order valence-corrected chi connectivity index (χ1v) is 7.02. The van der Waals surface area contributed by atoms with Gasteiger partial charge in [-0.2, -0.15) is 0 Å². The van der Waals surface area contributed by atoms with Crippen LogP contribution in [0.3, 0.4) is 0 Å². The first kappa shape index (κ1) is 9.09. The maximum absolute atomic E-state index is 9.46. The predicted molar refractivity (Wildman–Crippen MR) is 53.5 cm³/mol. The molecule has 10 heavy (non-hydrogen) atoms. The fourth-order valence-electron chi connectivity index (χ4n) is 1.22. The summed E-state index contributed by atoms with van der Waals surface area (Å²) in [5, 5.41) is 12.7. The molecule has 4 heteroatoms. The van der Waals surface area contributed by atoms with Gasteiger partial charge in [0.05, 0.1) is 6.10 Å². The van der Waals surface area contributed by atoms with E-state index in [4.69, 9.17) is 0 Å². The van der Waals surface area contributed by atoms with Gasteiger partial charge in [-0.1, -0.05) is 8.93 Å². The number of nitrogens with one attached hydrogen (secondary N) is 1. The molecular formula is C6H12INOS. The molecule has 60 valence electrons. The summed E-state index contributed by atoms with van der Waals surface area (Å²) < 4.78 is 0. The van der Waals surface area contributed by atoms with E-state index in [9.17, 15) is 5.11 Å². The lowest BCUT2D eigenvalue weighted by Crippen LogP contribution is -2.35. The summed E-state index contributed by atoms with van der Waals surface area (Å²) in [6.45, 7) is 1.08. The third-order valence-corrected chi connectivity index (χ3v) is 3.34. The lowest BCUT2D eigenvalue weighted by atomic mass is 10.1. The topological polar surface area (TPSA) is 32.3 Å². The van der Waals surface area contributed by atoms with Gasteiger partial charge in [0.15, 0.2) is 0 Å². The minimum Gasteiger partial charge on any atom is -0.391 e. The summed E-state index contributed by atoms with van der Waals surface area (Å²) >= 11 is 2.22. The molecule has 0 saturated carbocycles. The summed E-state index contributed by atoms with van der Waals surface area (Å²) in [6.07, 6.45) is 2.20. The lowest BCUT2D eigenvalue weighted by molar-refractivity contribution is 0.159. The fourth-order valence-corrected chi connectivity index (χ4v) is 2.69. The number of hydrogen-bond acceptors (Lipinski definition) is 3. The molecule has 1 aliphatic heterocycles. The minimum atomic E-state index is -0.149. The van der Waals surface area contributed by atoms with Crippen LogP contribution in [0.5, 0.6) is 0 Å². The molecule has 0 spiro atoms. The van der Waals surface area contributed by atoms with Gasteiger partial charge in [-0.3, -0.25) is 0 Å². The number of aliphatic hydroxyl groups excluding tert-OH is 1. The smallest absolute Gasteiger partial charge is 0.0791 e. The van der Waals surface area contributed by atoms with E-state index in [0.29, 0.717) is 6.04 Å². The van der Waals surface area contributed by atoms with Gasteiger partial charge in [0.25, 0.3) is 0 Å². The highest BCUT2D eigenvalue weighted by molar-refractivity contribution is 14.2. The van der Waals surface area contributed by atoms with Crippen LogP contribution in [-0.4, -0.2) is 29.5 Å². The maximum atomic E-state index is 9.46. The zero-order chi connectivity index (χ0) is 7.40. The average Bonchev–Trinajstić information content (AvgIpc) is 2.38. The molecule has 1 fully saturated rings. The molecule has 0 aromatic carbocycles. The zero-order valence-electron chi connectivity index (χ0n) is 5.72. The lowest BCUT2D eigenvalue weighted by Gasteiger charge is -2.15. The van der Waals surface area contributed by atoms with Crippen molar-refractivity contribution >= 4 is 30.1 Å². The third-order valence-electron chi connectivity index (χ3n) is 1.80. The van der Waals surface area contributed by atoms with Crippen LogP contribution < -0.4 is 5.32 Å². The van der Waals surface area contributed by atoms with Crippen molar-refractivity contribution in [2.24, 2.45) is 0 Å². The highest BCUT2D eigenvalue weighted by Crippen LogP contribution is 2.17. The van der Waals surface area contributed by atoms with E-state index >= 15 is 0 Å². The van der Waals surface area contributed by atoms with Crippen molar-refractivity contribution in [2.45, 2.75) is 25.0 Å². The largest absolute Gasteiger partial charge is 0.391 e. The molecule has 0 bridgehead atoms. The molecule has 1 rings (SSSR count). The molecule has 0 radical (unpaired) electrons. The fraction of sp³-hybridized carbons (Fsp3) is 1.00. The Morgan fingerprint density at radius 1 is 1.80 bits per heavy atom. The number of rotatable bonds is 3. The Morgan fingerprint density at radius 2 is 2.60 bits per heavy atom. The molecule has 2 atom stereocenters. The highest BCUT2D eigenvalue weighted by atomic mass is 127. The Balaban J connectivity index is 2.18. The second-order valence-corrected chi connectivity index (χ2v) is 4.97. The van der Waals surface area contributed by atoms with Crippen molar-refractivity contribution < 1.29 is 5.11 Å². The van der Waals surface area contributed by atoms with E-state index in [0.717, 1.165) is 18.7 Å². The van der Waals surface area contributed by atoms with Crippen LogP contribution in [0.25, 0.3) is 0 Å². The second-order valence-electron chi connectivity index (χ2n) is 2.55. The average molecular weight is 273 g/mol. The van der Waals surface area contributed by atoms with Crippen molar-refractivity contribution in [3.8, 4) is 0 Å². The monoisotopic (exact) mass is 273 g/mol. The van der Waals surface area contributed by atoms with Gasteiger partial charge in [-0.05, 0) is 40.6 Å². The van der Waals surface area contributed by atoms with Crippen LogP contribution in [0.4, 0.5) is 0 Å². The van der Waals surface area contributed by atoms with Crippen LogP contribution >= 0.6 is 30.1 Å². The van der Waals surface area contributed by atoms with E-state index in [2.05, 4.69) is 26.5 Å². The van der Waals surface area contributed by atoms with Crippen molar-refractivity contribution in [1.82, 2.24) is 5.32 Å². The Labute approximate surface area is 77.7 Å². The van der Waals surface area contributed by atoms with E-state index in [1.807, 2.05) is 0 Å². The van der Waals surface area contributed by atoms with E-state index < -0.39 is 0 Å². The van der Waals surface area contributed by atoms with Crippen LogP contribution in [0.15, 0.2) is 0 Å². The predicted octanol–water partition coefficient (Wildman–Crippen LogP) is 1.18. The maximum Gasteiger partial charge on any atom is 0.0791 e. The van der Waals surface area contributed by atoms with Crippen LogP contribution in [-0.2, 0) is 0 Å². The van der Waals surface area contributed by atoms with Crippen molar-refractivity contribution in [1.29, 1.82) is 0 Å². The van der Waals surface area contributed by atoms with Gasteiger partial charge < -0.3 is 10.4 Å². The van der Waals surface area contributed by atoms with Crippen molar-refractivity contribution in [2.75, 3.05) is 12.3 Å². The quantitative estimate of drug-likeness (QED) is 0.757. The Hall–Kier alpha value is 1.00. The van der Waals surface area contributed by atoms with Crippen molar-refractivity contribution in [3.05, 3.63) is 0 Å². The normalized spacial score (nSPS) is 28.8. The van der Waals surface area contributed by atoms with E-state index in [-0.39, 0.29) is 6.10 Å². The first-order valence-electron chi connectivity index (χ1n) is 3.49. The summed E-state index contributed by atoms with van der Waals surface area (Å²) in [4.78, 5) is 0. The van der Waals surface area contributed by atoms with E-state index in [1.54, 1.807) is 8.93 Å². The Kier molecular flexibility index (Phi) is 4.36. The molecule has 1 heterocycles. The van der Waals surface area contributed by atoms with Crippen LogP contribution in [0.2, 0.25) is 0 Å². The molecule has 0 aromatic heterocycles. The summed E-state index contributed by atoms with van der Waals surface area (Å²) in [7, 11) is 1.68. The molecule has 1 saturated heterocycles. The van der Waals surface area contributed by atoms with Gasteiger partial charge >= 0.3 is 0 Å². The zero-order valence-corrected chi connectivity index (χ0v) is 8.69. The number of aliphatic hydroxyl groups is 1. The SMILES string of the molecule is O[C@H](CSI)[C@@H]1CCCN1. The summed E-state index contributed by atoms with van der Waals surface area (Å²) in [5.41, 5.74) is 0. The van der Waals surface area contributed by atoms with Gasteiger partial charge in [-0.15, -0.1) is 0 Å². The standard InChI is InChI=1S/C6H12INOS/c7-10-4-6(9)5-2-1-3-8-5/h5-6,8-9H,1-4H2/t5-,6+/m0/s1.